The van der Waals surface area contributed by atoms with Crippen LogP contribution in [0, 0.1) is 0 Å². The molecule has 0 radical (unpaired) electrons. The fraction of sp³-hybridized carbons (Fsp3) is 0. The third-order valence-electron chi connectivity index (χ3n) is 4.16. The van der Waals surface area contributed by atoms with Crippen LogP contribution in [0.15, 0.2) is 99.9 Å². The number of halogens is 2. The van der Waals surface area contributed by atoms with Gasteiger partial charge in [-0.1, -0.05) is 62.2 Å². The molecule has 0 aliphatic heterocycles. The second kappa shape index (κ2) is 7.03. The molecule has 0 saturated heterocycles. The van der Waals surface area contributed by atoms with Gasteiger partial charge in [-0.15, -0.1) is 0 Å². The van der Waals surface area contributed by atoms with Crippen LogP contribution in [0.25, 0.3) is 10.8 Å². The summed E-state index contributed by atoms with van der Waals surface area (Å²) >= 11 is 7.05. The van der Waals surface area contributed by atoms with Crippen molar-refractivity contribution in [1.29, 1.82) is 0 Å². The van der Waals surface area contributed by atoms with Crippen LogP contribution in [0.2, 0.25) is 0 Å². The minimum Gasteiger partial charge on any atom is -0.310 e. The van der Waals surface area contributed by atoms with E-state index in [-0.39, 0.29) is 0 Å². The quantitative estimate of drug-likeness (QED) is 0.306. The molecule has 4 aromatic carbocycles. The number of hydrogen-bond donors (Lipinski definition) is 0. The van der Waals surface area contributed by atoms with E-state index in [2.05, 4.69) is 128 Å². The fourth-order valence-corrected chi connectivity index (χ4v) is 3.47. The summed E-state index contributed by atoms with van der Waals surface area (Å²) in [6.07, 6.45) is 0. The van der Waals surface area contributed by atoms with E-state index in [1.165, 1.54) is 10.8 Å². The van der Waals surface area contributed by atoms with Gasteiger partial charge in [0.05, 0.1) is 0 Å². The van der Waals surface area contributed by atoms with Crippen LogP contribution in [0.3, 0.4) is 0 Å². The van der Waals surface area contributed by atoms with Crippen LogP contribution in [-0.2, 0) is 0 Å². The molecule has 0 bridgehead atoms. The molecule has 0 aliphatic rings. The monoisotopic (exact) mass is 451 g/mol. The molecule has 0 unspecified atom stereocenters. The fourth-order valence-electron chi connectivity index (χ4n) is 2.94. The Morgan fingerprint density at radius 3 is 1.52 bits per heavy atom. The van der Waals surface area contributed by atoms with E-state index in [1.807, 2.05) is 0 Å². The zero-order valence-electron chi connectivity index (χ0n) is 13.4. The van der Waals surface area contributed by atoms with Crippen LogP contribution in [-0.4, -0.2) is 0 Å². The van der Waals surface area contributed by atoms with E-state index in [4.69, 9.17) is 0 Å². The number of nitrogens with zero attached hydrogens (tertiary/aromatic N) is 1. The number of rotatable bonds is 3. The predicted molar refractivity (Wildman–Crippen MR) is 114 cm³/mol. The standard InChI is InChI=1S/C22H15Br2N/c23-18-6-11-20(12-7-18)25(21-13-8-19(24)9-14-21)22-10-5-16-3-1-2-4-17(16)15-22/h1-15H. The van der Waals surface area contributed by atoms with Crippen molar-refractivity contribution in [2.45, 2.75) is 0 Å². The van der Waals surface area contributed by atoms with Crippen LogP contribution < -0.4 is 4.90 Å². The van der Waals surface area contributed by atoms with Crippen molar-refractivity contribution in [3.8, 4) is 0 Å². The highest BCUT2D eigenvalue weighted by atomic mass is 79.9. The van der Waals surface area contributed by atoms with Crippen LogP contribution in [0.4, 0.5) is 17.1 Å². The number of anilines is 3. The number of benzene rings is 4. The lowest BCUT2D eigenvalue weighted by Crippen LogP contribution is -2.09. The number of fused-ring (bicyclic) bond motifs is 1. The van der Waals surface area contributed by atoms with Crippen molar-refractivity contribution in [3.63, 3.8) is 0 Å². The van der Waals surface area contributed by atoms with E-state index in [1.54, 1.807) is 0 Å². The third kappa shape index (κ3) is 3.48. The van der Waals surface area contributed by atoms with Crippen molar-refractivity contribution in [2.24, 2.45) is 0 Å². The van der Waals surface area contributed by atoms with Gasteiger partial charge in [0, 0.05) is 26.0 Å². The molecule has 0 spiro atoms. The average Bonchev–Trinajstić information content (AvgIpc) is 2.65. The van der Waals surface area contributed by atoms with Crippen molar-refractivity contribution < 1.29 is 0 Å². The minimum absolute atomic E-state index is 1.07. The molecule has 0 N–H and O–H groups in total. The summed E-state index contributed by atoms with van der Waals surface area (Å²) in [6, 6.07) is 31.8. The Morgan fingerprint density at radius 1 is 0.480 bits per heavy atom. The van der Waals surface area contributed by atoms with Gasteiger partial charge in [-0.3, -0.25) is 0 Å². The van der Waals surface area contributed by atoms with E-state index < -0.39 is 0 Å². The van der Waals surface area contributed by atoms with Crippen molar-refractivity contribution >= 4 is 59.7 Å². The Morgan fingerprint density at radius 2 is 0.960 bits per heavy atom. The largest absolute Gasteiger partial charge is 0.310 e. The van der Waals surface area contributed by atoms with Crippen LogP contribution in [0.1, 0.15) is 0 Å². The van der Waals surface area contributed by atoms with E-state index in [0.717, 1.165) is 26.0 Å². The second-order valence-electron chi connectivity index (χ2n) is 5.82. The maximum absolute atomic E-state index is 3.52. The Kier molecular flexibility index (Phi) is 4.60. The normalized spacial score (nSPS) is 10.8. The van der Waals surface area contributed by atoms with Crippen molar-refractivity contribution in [1.82, 2.24) is 0 Å². The van der Waals surface area contributed by atoms with Gasteiger partial charge >= 0.3 is 0 Å². The molecule has 4 aromatic rings. The Balaban J connectivity index is 1.88. The SMILES string of the molecule is Brc1ccc(N(c2ccc(Br)cc2)c2ccc3ccccc3c2)cc1. The lowest BCUT2D eigenvalue weighted by atomic mass is 10.1. The molecule has 0 aromatic heterocycles. The molecule has 4 rings (SSSR count). The highest BCUT2D eigenvalue weighted by Crippen LogP contribution is 2.36. The second-order valence-corrected chi connectivity index (χ2v) is 7.65. The summed E-state index contributed by atoms with van der Waals surface area (Å²) in [5.74, 6) is 0. The molecule has 0 saturated carbocycles. The van der Waals surface area contributed by atoms with Crippen LogP contribution in [0.5, 0.6) is 0 Å². The summed E-state index contributed by atoms with van der Waals surface area (Å²) < 4.78 is 2.15. The Labute approximate surface area is 164 Å². The number of hydrogen-bond acceptors (Lipinski definition) is 1. The summed E-state index contributed by atoms with van der Waals surface area (Å²) in [6.45, 7) is 0. The molecule has 1 nitrogen and oxygen atoms in total. The molecule has 0 fully saturated rings. The van der Waals surface area contributed by atoms with Crippen LogP contribution >= 0.6 is 31.9 Å². The maximum atomic E-state index is 3.52. The molecular formula is C22H15Br2N. The molecule has 3 heteroatoms. The smallest absolute Gasteiger partial charge is 0.0468 e. The lowest BCUT2D eigenvalue weighted by molar-refractivity contribution is 1.28. The van der Waals surface area contributed by atoms with Gasteiger partial charge in [0.1, 0.15) is 0 Å². The Hall–Kier alpha value is -2.10. The zero-order valence-corrected chi connectivity index (χ0v) is 16.5. The maximum Gasteiger partial charge on any atom is 0.0468 e. The zero-order chi connectivity index (χ0) is 17.2. The van der Waals surface area contributed by atoms with E-state index in [0.29, 0.717) is 0 Å². The first-order valence-electron chi connectivity index (χ1n) is 8.01. The minimum atomic E-state index is 1.07. The highest BCUT2D eigenvalue weighted by molar-refractivity contribution is 9.10. The van der Waals surface area contributed by atoms with E-state index >= 15 is 0 Å². The van der Waals surface area contributed by atoms with Gasteiger partial charge in [0.2, 0.25) is 0 Å². The molecule has 0 amide bonds. The third-order valence-corrected chi connectivity index (χ3v) is 5.22. The molecule has 0 atom stereocenters. The van der Waals surface area contributed by atoms with Gasteiger partial charge in [0.15, 0.2) is 0 Å². The summed E-state index contributed by atoms with van der Waals surface area (Å²) in [4.78, 5) is 2.27. The molecule has 0 heterocycles. The van der Waals surface area contributed by atoms with Gasteiger partial charge in [-0.2, -0.15) is 0 Å². The summed E-state index contributed by atoms with van der Waals surface area (Å²) in [7, 11) is 0. The predicted octanol–water partition coefficient (Wildman–Crippen LogP) is 7.83. The topological polar surface area (TPSA) is 3.24 Å². The summed E-state index contributed by atoms with van der Waals surface area (Å²) in [5.41, 5.74) is 3.39. The molecule has 25 heavy (non-hydrogen) atoms. The Bertz CT molecular complexity index is 963. The van der Waals surface area contributed by atoms with Gasteiger partial charge in [0.25, 0.3) is 0 Å². The lowest BCUT2D eigenvalue weighted by Gasteiger charge is -2.26. The van der Waals surface area contributed by atoms with Gasteiger partial charge < -0.3 is 4.90 Å². The average molecular weight is 453 g/mol. The first-order chi connectivity index (χ1) is 12.2. The van der Waals surface area contributed by atoms with Crippen molar-refractivity contribution in [3.05, 3.63) is 99.9 Å². The highest BCUT2D eigenvalue weighted by Gasteiger charge is 2.12. The van der Waals surface area contributed by atoms with Gasteiger partial charge in [-0.05, 0) is 71.4 Å². The molecular weight excluding hydrogens is 438 g/mol. The van der Waals surface area contributed by atoms with Gasteiger partial charge in [-0.25, -0.2) is 0 Å². The first-order valence-corrected chi connectivity index (χ1v) is 9.59. The molecule has 122 valence electrons. The molecule has 0 aliphatic carbocycles. The van der Waals surface area contributed by atoms with Crippen molar-refractivity contribution in [2.75, 3.05) is 4.90 Å². The summed E-state index contributed by atoms with van der Waals surface area (Å²) in [5, 5.41) is 2.48. The first kappa shape index (κ1) is 16.4. The van der Waals surface area contributed by atoms with E-state index in [9.17, 15) is 0 Å².